The fourth-order valence-electron chi connectivity index (χ4n) is 3.98. The fourth-order valence-corrected chi connectivity index (χ4v) is 3.98. The average molecular weight is 420 g/mol. The minimum Gasteiger partial charge on any atom is -0.342 e. The number of likely N-dealkylation sites (tertiary alicyclic amines) is 1. The number of rotatable bonds is 5. The second kappa shape index (κ2) is 9.12. The summed E-state index contributed by atoms with van der Waals surface area (Å²) in [4.78, 5) is 31.9. The number of aromatic nitrogens is 2. The molecule has 0 spiro atoms. The van der Waals surface area contributed by atoms with Gasteiger partial charge in [-0.05, 0) is 42.7 Å². The molecule has 31 heavy (non-hydrogen) atoms. The van der Waals surface area contributed by atoms with Crippen LogP contribution < -0.4 is 5.32 Å². The highest BCUT2D eigenvalue weighted by atomic mass is 19.1. The van der Waals surface area contributed by atoms with Gasteiger partial charge < -0.3 is 14.8 Å². The number of halogens is 1. The third-order valence-electron chi connectivity index (χ3n) is 5.78. The Hall–Kier alpha value is -3.48. The molecule has 1 aliphatic heterocycles. The predicted octanol–water partition coefficient (Wildman–Crippen LogP) is 3.32. The van der Waals surface area contributed by atoms with Crippen LogP contribution in [0.15, 0.2) is 67.0 Å². The minimum atomic E-state index is -0.368. The fraction of sp³-hybridized carbons (Fsp3) is 0.292. The maximum atomic E-state index is 13.1. The van der Waals surface area contributed by atoms with Crippen molar-refractivity contribution in [3.63, 3.8) is 0 Å². The molecule has 0 saturated carbocycles. The number of hydrogen-bond acceptors (Lipinski definition) is 3. The number of carbonyl (C=O) groups is 2. The zero-order valence-electron chi connectivity index (χ0n) is 17.4. The Morgan fingerprint density at radius 1 is 1.06 bits per heavy atom. The first-order chi connectivity index (χ1) is 15.0. The normalized spacial score (nSPS) is 15.5. The quantitative estimate of drug-likeness (QED) is 0.689. The van der Waals surface area contributed by atoms with E-state index in [4.69, 9.17) is 0 Å². The van der Waals surface area contributed by atoms with Gasteiger partial charge in [0.1, 0.15) is 17.7 Å². The number of hydrogen-bond donors (Lipinski definition) is 1. The molecule has 1 aliphatic rings. The zero-order chi connectivity index (χ0) is 21.8. The number of carbonyl (C=O) groups excluding carboxylic acids is 2. The molecule has 6 nitrogen and oxygen atoms in total. The number of benzene rings is 2. The van der Waals surface area contributed by atoms with Crippen LogP contribution in [0.3, 0.4) is 0 Å². The molecule has 2 amide bonds. The average Bonchev–Trinajstić information content (AvgIpc) is 3.23. The lowest BCUT2D eigenvalue weighted by molar-refractivity contribution is -0.126. The lowest BCUT2D eigenvalue weighted by atomic mass is 9.94. The number of piperidine rings is 1. The van der Waals surface area contributed by atoms with Crippen molar-refractivity contribution in [1.82, 2.24) is 19.8 Å². The molecule has 3 aromatic rings. The third-order valence-corrected chi connectivity index (χ3v) is 5.78. The van der Waals surface area contributed by atoms with Gasteiger partial charge >= 0.3 is 0 Å². The van der Waals surface area contributed by atoms with Crippen LogP contribution >= 0.6 is 0 Å². The van der Waals surface area contributed by atoms with E-state index in [1.54, 1.807) is 11.1 Å². The molecule has 1 saturated heterocycles. The SMILES string of the molecule is Cn1ccnc1C(NC(=O)C1CCN(C(=O)c2ccc(F)cc2)CC1)c1ccccc1. The number of nitrogens with one attached hydrogen (secondary N) is 1. The van der Waals surface area contributed by atoms with Crippen LogP contribution in [0.2, 0.25) is 0 Å². The van der Waals surface area contributed by atoms with Gasteiger partial charge in [-0.2, -0.15) is 0 Å². The lowest BCUT2D eigenvalue weighted by Crippen LogP contribution is -2.44. The summed E-state index contributed by atoms with van der Waals surface area (Å²) in [6, 6.07) is 15.0. The molecule has 1 atom stereocenters. The second-order valence-corrected chi connectivity index (χ2v) is 7.82. The van der Waals surface area contributed by atoms with Crippen LogP contribution in [-0.4, -0.2) is 39.4 Å². The van der Waals surface area contributed by atoms with E-state index in [9.17, 15) is 14.0 Å². The molecule has 1 N–H and O–H groups in total. The summed E-state index contributed by atoms with van der Waals surface area (Å²) in [6.07, 6.45) is 4.75. The van der Waals surface area contributed by atoms with Crippen LogP contribution in [-0.2, 0) is 11.8 Å². The van der Waals surface area contributed by atoms with Gasteiger partial charge in [0.05, 0.1) is 0 Å². The van der Waals surface area contributed by atoms with Crippen molar-refractivity contribution in [3.05, 3.63) is 89.8 Å². The van der Waals surface area contributed by atoms with Crippen LogP contribution in [0.1, 0.15) is 40.6 Å². The van der Waals surface area contributed by atoms with Crippen molar-refractivity contribution in [3.8, 4) is 0 Å². The van der Waals surface area contributed by atoms with E-state index in [0.29, 0.717) is 31.5 Å². The number of nitrogens with zero attached hydrogens (tertiary/aromatic N) is 3. The Balaban J connectivity index is 1.41. The van der Waals surface area contributed by atoms with Crippen LogP contribution in [0.4, 0.5) is 4.39 Å². The van der Waals surface area contributed by atoms with Crippen molar-refractivity contribution in [2.45, 2.75) is 18.9 Å². The summed E-state index contributed by atoms with van der Waals surface area (Å²) in [5.74, 6) is 0.0552. The molecular weight excluding hydrogens is 395 g/mol. The van der Waals surface area contributed by atoms with Gasteiger partial charge in [-0.15, -0.1) is 0 Å². The Morgan fingerprint density at radius 3 is 2.35 bits per heavy atom. The van der Waals surface area contributed by atoms with Crippen molar-refractivity contribution in [1.29, 1.82) is 0 Å². The largest absolute Gasteiger partial charge is 0.342 e. The van der Waals surface area contributed by atoms with Crippen LogP contribution in [0.25, 0.3) is 0 Å². The van der Waals surface area contributed by atoms with Gasteiger partial charge in [0.15, 0.2) is 0 Å². The molecule has 0 aliphatic carbocycles. The molecule has 0 bridgehead atoms. The van der Waals surface area contributed by atoms with Gasteiger partial charge in [0.2, 0.25) is 5.91 Å². The number of aryl methyl sites for hydroxylation is 1. The van der Waals surface area contributed by atoms with Crippen LogP contribution in [0.5, 0.6) is 0 Å². The third kappa shape index (κ3) is 4.66. The summed E-state index contributed by atoms with van der Waals surface area (Å²) in [7, 11) is 1.91. The van der Waals surface area contributed by atoms with Crippen molar-refractivity contribution in [2.75, 3.05) is 13.1 Å². The number of imidazole rings is 1. The molecule has 7 heteroatoms. The molecule has 2 aromatic carbocycles. The van der Waals surface area contributed by atoms with Crippen molar-refractivity contribution >= 4 is 11.8 Å². The van der Waals surface area contributed by atoms with Gasteiger partial charge in [-0.1, -0.05) is 30.3 Å². The van der Waals surface area contributed by atoms with Crippen molar-refractivity contribution in [2.24, 2.45) is 13.0 Å². The molecule has 0 radical (unpaired) electrons. The Morgan fingerprint density at radius 2 is 1.74 bits per heavy atom. The maximum Gasteiger partial charge on any atom is 0.253 e. The minimum absolute atomic E-state index is 0.0364. The Bertz CT molecular complexity index is 1040. The standard InChI is InChI=1S/C24H25FN4O2/c1-28-16-13-26-22(28)21(17-5-3-2-4-6-17)27-23(30)18-11-14-29(15-12-18)24(31)19-7-9-20(25)10-8-19/h2-10,13,16,18,21H,11-12,14-15H2,1H3,(H,27,30). The molecule has 1 aromatic heterocycles. The molecule has 160 valence electrons. The maximum absolute atomic E-state index is 13.1. The first-order valence-electron chi connectivity index (χ1n) is 10.4. The van der Waals surface area contributed by atoms with Crippen LogP contribution in [0, 0.1) is 11.7 Å². The first-order valence-corrected chi connectivity index (χ1v) is 10.4. The van der Waals surface area contributed by atoms with E-state index < -0.39 is 0 Å². The zero-order valence-corrected chi connectivity index (χ0v) is 17.4. The van der Waals surface area contributed by atoms with Gasteiger partial charge in [-0.3, -0.25) is 9.59 Å². The molecule has 1 unspecified atom stereocenters. The Kier molecular flexibility index (Phi) is 6.11. The van der Waals surface area contributed by atoms with E-state index in [0.717, 1.165) is 11.4 Å². The van der Waals surface area contributed by atoms with E-state index in [2.05, 4.69) is 10.3 Å². The molecule has 4 rings (SSSR count). The van der Waals surface area contributed by atoms with E-state index in [-0.39, 0.29) is 29.6 Å². The predicted molar refractivity (Wildman–Crippen MR) is 115 cm³/mol. The van der Waals surface area contributed by atoms with Gasteiger partial charge in [-0.25, -0.2) is 9.37 Å². The highest BCUT2D eigenvalue weighted by Crippen LogP contribution is 2.24. The topological polar surface area (TPSA) is 67.2 Å². The summed E-state index contributed by atoms with van der Waals surface area (Å²) >= 11 is 0. The van der Waals surface area contributed by atoms with E-state index in [1.165, 1.54) is 24.3 Å². The number of amides is 2. The highest BCUT2D eigenvalue weighted by Gasteiger charge is 2.30. The summed E-state index contributed by atoms with van der Waals surface area (Å²) < 4.78 is 15.0. The van der Waals surface area contributed by atoms with Crippen molar-refractivity contribution < 1.29 is 14.0 Å². The van der Waals surface area contributed by atoms with Gasteiger partial charge in [0.25, 0.3) is 5.91 Å². The summed E-state index contributed by atoms with van der Waals surface area (Å²) in [5, 5.41) is 3.16. The summed E-state index contributed by atoms with van der Waals surface area (Å²) in [6.45, 7) is 0.986. The molecule has 1 fully saturated rings. The second-order valence-electron chi connectivity index (χ2n) is 7.82. The van der Waals surface area contributed by atoms with E-state index >= 15 is 0 Å². The first kappa shape index (κ1) is 20.8. The van der Waals surface area contributed by atoms with E-state index in [1.807, 2.05) is 48.1 Å². The summed E-state index contributed by atoms with van der Waals surface area (Å²) in [5.41, 5.74) is 1.43. The Labute approximate surface area is 180 Å². The smallest absolute Gasteiger partial charge is 0.253 e. The van der Waals surface area contributed by atoms with Gasteiger partial charge in [0, 0.05) is 44.0 Å². The monoisotopic (exact) mass is 420 g/mol. The molecular formula is C24H25FN4O2. The molecule has 2 heterocycles. The lowest BCUT2D eigenvalue weighted by Gasteiger charge is -2.32. The highest BCUT2D eigenvalue weighted by molar-refractivity contribution is 5.94.